The van der Waals surface area contributed by atoms with Crippen molar-refractivity contribution in [3.05, 3.63) is 103 Å². The van der Waals surface area contributed by atoms with Gasteiger partial charge in [-0.2, -0.15) is 0 Å². The number of imide groups is 1. The molecule has 3 aromatic carbocycles. The highest BCUT2D eigenvalue weighted by Gasteiger charge is 2.56. The molecule has 11 heteroatoms. The van der Waals surface area contributed by atoms with E-state index in [0.29, 0.717) is 22.2 Å². The molecule has 40 heavy (non-hydrogen) atoms. The number of thiazole rings is 1. The van der Waals surface area contributed by atoms with Gasteiger partial charge in [-0.25, -0.2) is 4.90 Å². The van der Waals surface area contributed by atoms with E-state index in [9.17, 15) is 19.2 Å². The fraction of sp³-hybridized carbons (Fsp3) is 0.172. The van der Waals surface area contributed by atoms with Gasteiger partial charge in [0.25, 0.3) is 5.91 Å². The Morgan fingerprint density at radius 1 is 0.975 bits per heavy atom. The minimum atomic E-state index is -0.674. The standard InChI is InChI=1S/C29H22BrN3O5S2/c1-15-2-8-18(9-3-15)31-21(34)14-38-20-12-4-16(5-13-20)22-23-25(39-26-24(22)40-29(37)32-26)28(36)33(27(23)35)19-10-6-17(30)7-11-19/h2-13,22-23,25H,14H2,1H3,(H,31,34)(H,32,37). The number of carbonyl (C=O) groups excluding carboxylic acids is 3. The smallest absolute Gasteiger partial charge is 0.305 e. The Kier molecular flexibility index (Phi) is 7.11. The first kappa shape index (κ1) is 26.5. The van der Waals surface area contributed by atoms with E-state index in [0.717, 1.165) is 31.8 Å². The Balaban J connectivity index is 1.24. The zero-order valence-electron chi connectivity index (χ0n) is 21.1. The van der Waals surface area contributed by atoms with Gasteiger partial charge in [-0.15, -0.1) is 0 Å². The van der Waals surface area contributed by atoms with E-state index >= 15 is 0 Å². The van der Waals surface area contributed by atoms with Crippen LogP contribution in [0.5, 0.6) is 5.75 Å². The van der Waals surface area contributed by atoms with E-state index in [1.165, 1.54) is 16.7 Å². The maximum Gasteiger partial charge on any atom is 0.305 e. The average Bonchev–Trinajstić information content (AvgIpc) is 3.44. The first-order valence-electron chi connectivity index (χ1n) is 12.4. The summed E-state index contributed by atoms with van der Waals surface area (Å²) in [7, 11) is 0. The molecule has 202 valence electrons. The minimum absolute atomic E-state index is 0.170. The average molecular weight is 637 g/mol. The fourth-order valence-corrected chi connectivity index (χ4v) is 7.75. The van der Waals surface area contributed by atoms with Crippen LogP contribution in [-0.2, 0) is 14.4 Å². The summed E-state index contributed by atoms with van der Waals surface area (Å²) in [6.45, 7) is 1.80. The number of rotatable bonds is 6. The number of nitrogens with zero attached hydrogens (tertiary/aromatic N) is 1. The van der Waals surface area contributed by atoms with Crippen LogP contribution in [0.3, 0.4) is 0 Å². The first-order chi connectivity index (χ1) is 19.3. The molecule has 0 bridgehead atoms. The van der Waals surface area contributed by atoms with Crippen LogP contribution in [0, 0.1) is 12.8 Å². The summed E-state index contributed by atoms with van der Waals surface area (Å²) >= 11 is 5.69. The number of halogens is 1. The first-order valence-corrected chi connectivity index (χ1v) is 14.9. The Bertz CT molecular complexity index is 1670. The maximum atomic E-state index is 13.8. The summed E-state index contributed by atoms with van der Waals surface area (Å²) in [6.07, 6.45) is 0. The lowest BCUT2D eigenvalue weighted by molar-refractivity contribution is -0.122. The summed E-state index contributed by atoms with van der Waals surface area (Å²) in [6, 6.07) is 21.6. The summed E-state index contributed by atoms with van der Waals surface area (Å²) in [5, 5.41) is 2.75. The molecule has 0 saturated carbocycles. The lowest BCUT2D eigenvalue weighted by Crippen LogP contribution is -2.32. The number of amides is 3. The van der Waals surface area contributed by atoms with Crippen molar-refractivity contribution in [3.8, 4) is 5.75 Å². The zero-order valence-corrected chi connectivity index (χ0v) is 24.3. The fourth-order valence-electron chi connectivity index (χ4n) is 4.98. The van der Waals surface area contributed by atoms with Crippen LogP contribution < -0.4 is 19.8 Å². The molecule has 6 rings (SSSR count). The number of benzene rings is 3. The molecule has 3 unspecified atom stereocenters. The molecule has 4 aromatic rings. The van der Waals surface area contributed by atoms with Gasteiger partial charge in [0.2, 0.25) is 11.8 Å². The van der Waals surface area contributed by atoms with Crippen molar-refractivity contribution < 1.29 is 19.1 Å². The molecule has 1 saturated heterocycles. The second kappa shape index (κ2) is 10.7. The summed E-state index contributed by atoms with van der Waals surface area (Å²) in [5.41, 5.74) is 3.08. The van der Waals surface area contributed by atoms with Crippen LogP contribution >= 0.6 is 39.0 Å². The second-order valence-electron chi connectivity index (χ2n) is 9.51. The number of aromatic amines is 1. The summed E-state index contributed by atoms with van der Waals surface area (Å²) in [4.78, 5) is 56.5. The number of aromatic nitrogens is 1. The van der Waals surface area contributed by atoms with Crippen LogP contribution in [0.1, 0.15) is 21.9 Å². The van der Waals surface area contributed by atoms with Crippen molar-refractivity contribution in [1.29, 1.82) is 0 Å². The number of hydrogen-bond donors (Lipinski definition) is 2. The van der Waals surface area contributed by atoms with Gasteiger partial charge in [0.15, 0.2) is 6.61 Å². The largest absolute Gasteiger partial charge is 0.484 e. The van der Waals surface area contributed by atoms with Crippen LogP contribution in [0.2, 0.25) is 0 Å². The molecule has 2 aliphatic rings. The van der Waals surface area contributed by atoms with E-state index < -0.39 is 17.1 Å². The lowest BCUT2D eigenvalue weighted by Gasteiger charge is -2.29. The normalized spacial score (nSPS) is 19.8. The minimum Gasteiger partial charge on any atom is -0.484 e. The van der Waals surface area contributed by atoms with Crippen molar-refractivity contribution in [3.63, 3.8) is 0 Å². The van der Waals surface area contributed by atoms with Gasteiger partial charge in [-0.3, -0.25) is 19.2 Å². The zero-order chi connectivity index (χ0) is 28.0. The topological polar surface area (TPSA) is 109 Å². The van der Waals surface area contributed by atoms with E-state index in [-0.39, 0.29) is 29.2 Å². The van der Waals surface area contributed by atoms with Crippen LogP contribution in [0.15, 0.2) is 87.1 Å². The van der Waals surface area contributed by atoms with Gasteiger partial charge in [0.1, 0.15) is 11.0 Å². The number of carbonyl (C=O) groups is 3. The molecule has 3 heterocycles. The second-order valence-corrected chi connectivity index (χ2v) is 12.6. The van der Waals surface area contributed by atoms with Crippen molar-refractivity contribution in [2.24, 2.45) is 5.92 Å². The molecule has 8 nitrogen and oxygen atoms in total. The maximum absolute atomic E-state index is 13.8. The Labute approximate surface area is 245 Å². The SMILES string of the molecule is Cc1ccc(NC(=O)COc2ccc(C3c4sc(=O)[nH]c4SC4C(=O)N(c5ccc(Br)cc5)C(=O)C43)cc2)cc1. The van der Waals surface area contributed by atoms with E-state index in [1.807, 2.05) is 43.3 Å². The molecular weight excluding hydrogens is 614 g/mol. The van der Waals surface area contributed by atoms with E-state index in [4.69, 9.17) is 4.74 Å². The van der Waals surface area contributed by atoms with Crippen LogP contribution in [-0.4, -0.2) is 34.6 Å². The van der Waals surface area contributed by atoms with Gasteiger partial charge < -0.3 is 15.0 Å². The lowest BCUT2D eigenvalue weighted by atomic mass is 9.83. The predicted molar refractivity (Wildman–Crippen MR) is 158 cm³/mol. The third kappa shape index (κ3) is 5.00. The van der Waals surface area contributed by atoms with Crippen molar-refractivity contribution in [1.82, 2.24) is 4.98 Å². The van der Waals surface area contributed by atoms with Crippen molar-refractivity contribution in [2.75, 3.05) is 16.8 Å². The molecule has 0 aliphatic carbocycles. The summed E-state index contributed by atoms with van der Waals surface area (Å²) in [5.74, 6) is -1.56. The van der Waals surface area contributed by atoms with Gasteiger partial charge in [-0.05, 0) is 61.0 Å². The summed E-state index contributed by atoms with van der Waals surface area (Å²) < 4.78 is 6.53. The molecule has 3 amide bonds. The number of thioether (sulfide) groups is 1. The molecule has 2 aliphatic heterocycles. The Morgan fingerprint density at radius 3 is 2.38 bits per heavy atom. The Hall–Kier alpha value is -3.67. The van der Waals surface area contributed by atoms with Crippen molar-refractivity contribution >= 4 is 68.1 Å². The molecule has 0 spiro atoms. The quantitative estimate of drug-likeness (QED) is 0.278. The van der Waals surface area contributed by atoms with Crippen molar-refractivity contribution in [2.45, 2.75) is 23.1 Å². The number of hydrogen-bond acceptors (Lipinski definition) is 7. The highest BCUT2D eigenvalue weighted by Crippen LogP contribution is 2.53. The number of H-pyrrole nitrogens is 1. The number of fused-ring (bicyclic) bond motifs is 2. The van der Waals surface area contributed by atoms with Gasteiger partial charge in [-0.1, -0.05) is 68.9 Å². The van der Waals surface area contributed by atoms with E-state index in [2.05, 4.69) is 26.2 Å². The molecule has 2 N–H and O–H groups in total. The molecule has 1 aromatic heterocycles. The molecule has 1 fully saturated rings. The number of aryl methyl sites for hydroxylation is 1. The highest BCUT2D eigenvalue weighted by molar-refractivity contribution is 9.10. The monoisotopic (exact) mass is 635 g/mol. The third-order valence-corrected chi connectivity index (χ3v) is 9.78. The van der Waals surface area contributed by atoms with Gasteiger partial charge in [0.05, 0.1) is 16.6 Å². The molecule has 3 atom stereocenters. The highest BCUT2D eigenvalue weighted by atomic mass is 79.9. The van der Waals surface area contributed by atoms with Crippen LogP contribution in [0.25, 0.3) is 0 Å². The van der Waals surface area contributed by atoms with Gasteiger partial charge in [0, 0.05) is 21.0 Å². The molecular formula is C29H22BrN3O5S2. The van der Waals surface area contributed by atoms with Crippen LogP contribution in [0.4, 0.5) is 11.4 Å². The predicted octanol–water partition coefficient (Wildman–Crippen LogP) is 5.32. The number of nitrogens with one attached hydrogen (secondary N) is 2. The van der Waals surface area contributed by atoms with Gasteiger partial charge >= 0.3 is 4.87 Å². The number of anilines is 2. The van der Waals surface area contributed by atoms with E-state index in [1.54, 1.807) is 36.4 Å². The third-order valence-electron chi connectivity index (χ3n) is 6.85. The molecule has 0 radical (unpaired) electrons. The number of ether oxygens (including phenoxy) is 1. The Morgan fingerprint density at radius 2 is 1.68 bits per heavy atom.